The summed E-state index contributed by atoms with van der Waals surface area (Å²) in [6, 6.07) is 14.6. The van der Waals surface area contributed by atoms with Gasteiger partial charge in [0.2, 0.25) is 11.8 Å². The van der Waals surface area contributed by atoms with Crippen LogP contribution in [0.1, 0.15) is 32.7 Å². The smallest absolute Gasteiger partial charge is 0.326 e. The molecule has 162 valence electrons. The molecule has 8 heteroatoms. The number of fused-ring (bicyclic) bond motifs is 1. The van der Waals surface area contributed by atoms with Gasteiger partial charge in [-0.05, 0) is 56.2 Å². The summed E-state index contributed by atoms with van der Waals surface area (Å²) < 4.78 is 1.86. The second-order valence-corrected chi connectivity index (χ2v) is 8.01. The number of imidazole rings is 1. The van der Waals surface area contributed by atoms with Gasteiger partial charge in [-0.2, -0.15) is 0 Å². The van der Waals surface area contributed by atoms with Crippen LogP contribution >= 0.6 is 0 Å². The molecule has 2 amide bonds. The molecule has 0 bridgehead atoms. The predicted octanol–water partition coefficient (Wildman–Crippen LogP) is 2.95. The van der Waals surface area contributed by atoms with E-state index < -0.39 is 0 Å². The number of carbonyl (C=O) groups excluding carboxylic acids is 2. The van der Waals surface area contributed by atoms with E-state index in [0.717, 1.165) is 37.0 Å². The van der Waals surface area contributed by atoms with Crippen LogP contribution in [0.15, 0.2) is 53.3 Å². The van der Waals surface area contributed by atoms with Gasteiger partial charge >= 0.3 is 5.69 Å². The van der Waals surface area contributed by atoms with Crippen LogP contribution < -0.4 is 16.3 Å². The van der Waals surface area contributed by atoms with E-state index in [2.05, 4.69) is 20.5 Å². The highest BCUT2D eigenvalue weighted by molar-refractivity contribution is 5.95. The highest BCUT2D eigenvalue weighted by atomic mass is 16.2. The van der Waals surface area contributed by atoms with Crippen molar-refractivity contribution < 1.29 is 9.59 Å². The first-order chi connectivity index (χ1) is 14.9. The van der Waals surface area contributed by atoms with E-state index in [-0.39, 0.29) is 29.6 Å². The van der Waals surface area contributed by atoms with Gasteiger partial charge in [-0.25, -0.2) is 4.79 Å². The molecular formula is C23H27N5O3. The number of anilines is 2. The number of nitrogens with zero attached hydrogens (tertiary/aromatic N) is 2. The van der Waals surface area contributed by atoms with E-state index in [1.807, 2.05) is 35.8 Å². The molecule has 1 aromatic heterocycles. The van der Waals surface area contributed by atoms with Crippen LogP contribution in [0.25, 0.3) is 11.0 Å². The third-order valence-corrected chi connectivity index (χ3v) is 5.89. The molecule has 2 aromatic carbocycles. The van der Waals surface area contributed by atoms with Gasteiger partial charge in [0.25, 0.3) is 0 Å². The monoisotopic (exact) mass is 421 g/mol. The van der Waals surface area contributed by atoms with Gasteiger partial charge in [0.1, 0.15) is 0 Å². The minimum absolute atomic E-state index is 0.0741. The number of hydrogen-bond acceptors (Lipinski definition) is 4. The van der Waals surface area contributed by atoms with Gasteiger partial charge in [0.05, 0.1) is 17.1 Å². The Morgan fingerprint density at radius 3 is 2.26 bits per heavy atom. The molecule has 1 atom stereocenters. The normalized spacial score (nSPS) is 16.2. The average Bonchev–Trinajstić information content (AvgIpc) is 3.10. The topological polar surface area (TPSA) is 99.2 Å². The number of benzene rings is 2. The molecule has 0 spiro atoms. The fourth-order valence-electron chi connectivity index (χ4n) is 4.22. The summed E-state index contributed by atoms with van der Waals surface area (Å²) >= 11 is 0. The lowest BCUT2D eigenvalue weighted by atomic mass is 10.0. The van der Waals surface area contributed by atoms with Gasteiger partial charge in [0, 0.05) is 37.4 Å². The predicted molar refractivity (Wildman–Crippen MR) is 121 cm³/mol. The van der Waals surface area contributed by atoms with Crippen LogP contribution in [0.2, 0.25) is 0 Å². The van der Waals surface area contributed by atoms with Crippen molar-refractivity contribution in [2.45, 2.75) is 38.8 Å². The van der Waals surface area contributed by atoms with Crippen LogP contribution in [0.4, 0.5) is 11.4 Å². The Morgan fingerprint density at radius 1 is 1.00 bits per heavy atom. The van der Waals surface area contributed by atoms with Crippen molar-refractivity contribution in [1.82, 2.24) is 14.5 Å². The zero-order valence-corrected chi connectivity index (χ0v) is 17.7. The number of aromatic nitrogens is 2. The molecule has 0 saturated carbocycles. The first kappa shape index (κ1) is 20.9. The van der Waals surface area contributed by atoms with Crippen molar-refractivity contribution in [2.75, 3.05) is 23.7 Å². The molecule has 3 N–H and O–H groups in total. The second kappa shape index (κ2) is 8.77. The Bertz CT molecular complexity index is 1140. The van der Waals surface area contributed by atoms with Gasteiger partial charge in [-0.3, -0.25) is 19.1 Å². The Kier molecular flexibility index (Phi) is 5.90. The molecular weight excluding hydrogens is 394 g/mol. The molecule has 0 unspecified atom stereocenters. The number of carbonyl (C=O) groups is 2. The SMILES string of the molecule is CC(=O)Nc1ccc(NC(=O)[C@H](C)N2CCC(n3c(=O)[nH]c4ccccc43)CC2)cc1. The molecule has 0 aliphatic carbocycles. The fourth-order valence-corrected chi connectivity index (χ4v) is 4.22. The molecule has 1 aliphatic heterocycles. The zero-order chi connectivity index (χ0) is 22.0. The van der Waals surface area contributed by atoms with Crippen molar-refractivity contribution in [2.24, 2.45) is 0 Å². The first-order valence-corrected chi connectivity index (χ1v) is 10.5. The maximum absolute atomic E-state index is 12.7. The molecule has 2 heterocycles. The summed E-state index contributed by atoms with van der Waals surface area (Å²) in [5.74, 6) is -0.210. The van der Waals surface area contributed by atoms with E-state index in [0.29, 0.717) is 11.4 Å². The largest absolute Gasteiger partial charge is 0.326 e. The van der Waals surface area contributed by atoms with Crippen LogP contribution in [0, 0.1) is 0 Å². The zero-order valence-electron chi connectivity index (χ0n) is 17.7. The van der Waals surface area contributed by atoms with Crippen molar-refractivity contribution in [3.63, 3.8) is 0 Å². The number of hydrogen-bond donors (Lipinski definition) is 3. The number of H-pyrrole nitrogens is 1. The minimum atomic E-state index is -0.282. The van der Waals surface area contributed by atoms with E-state index >= 15 is 0 Å². The second-order valence-electron chi connectivity index (χ2n) is 8.01. The maximum Gasteiger partial charge on any atom is 0.326 e. The summed E-state index contributed by atoms with van der Waals surface area (Å²) in [6.07, 6.45) is 1.62. The summed E-state index contributed by atoms with van der Waals surface area (Å²) in [6.45, 7) is 4.84. The Hall–Kier alpha value is -3.39. The number of nitrogens with one attached hydrogen (secondary N) is 3. The molecule has 1 saturated heterocycles. The number of rotatable bonds is 5. The third-order valence-electron chi connectivity index (χ3n) is 5.89. The number of piperidine rings is 1. The fraction of sp³-hybridized carbons (Fsp3) is 0.348. The number of amides is 2. The lowest BCUT2D eigenvalue weighted by Gasteiger charge is -2.35. The Labute approximate surface area is 180 Å². The summed E-state index contributed by atoms with van der Waals surface area (Å²) in [7, 11) is 0. The molecule has 4 rings (SSSR count). The molecule has 8 nitrogen and oxygen atoms in total. The minimum Gasteiger partial charge on any atom is -0.326 e. The average molecular weight is 422 g/mol. The molecule has 1 aliphatic rings. The lowest BCUT2D eigenvalue weighted by Crippen LogP contribution is -2.46. The van der Waals surface area contributed by atoms with Crippen LogP contribution in [-0.4, -0.2) is 45.4 Å². The molecule has 1 fully saturated rings. The van der Waals surface area contributed by atoms with Crippen LogP contribution in [-0.2, 0) is 9.59 Å². The van der Waals surface area contributed by atoms with E-state index in [1.54, 1.807) is 24.3 Å². The van der Waals surface area contributed by atoms with E-state index in [4.69, 9.17) is 0 Å². The number of likely N-dealkylation sites (tertiary alicyclic amines) is 1. The summed E-state index contributed by atoms with van der Waals surface area (Å²) in [5.41, 5.74) is 3.08. The number of aromatic amines is 1. The molecule has 31 heavy (non-hydrogen) atoms. The van der Waals surface area contributed by atoms with Crippen molar-refractivity contribution >= 4 is 34.2 Å². The lowest BCUT2D eigenvalue weighted by molar-refractivity contribution is -0.121. The summed E-state index contributed by atoms with van der Waals surface area (Å²) in [5, 5.41) is 5.64. The maximum atomic E-state index is 12.7. The quantitative estimate of drug-likeness (QED) is 0.590. The van der Waals surface area contributed by atoms with Crippen LogP contribution in [0.5, 0.6) is 0 Å². The van der Waals surface area contributed by atoms with E-state index in [1.165, 1.54) is 6.92 Å². The van der Waals surface area contributed by atoms with Crippen molar-refractivity contribution in [1.29, 1.82) is 0 Å². The van der Waals surface area contributed by atoms with Gasteiger partial charge in [-0.1, -0.05) is 12.1 Å². The first-order valence-electron chi connectivity index (χ1n) is 10.5. The highest BCUT2D eigenvalue weighted by Crippen LogP contribution is 2.26. The third kappa shape index (κ3) is 4.54. The van der Waals surface area contributed by atoms with Gasteiger partial charge < -0.3 is 15.6 Å². The highest BCUT2D eigenvalue weighted by Gasteiger charge is 2.28. The standard InChI is InChI=1S/C23H27N5O3/c1-15(22(30)25-18-9-7-17(8-10-18)24-16(2)29)27-13-11-19(12-14-27)28-21-6-4-3-5-20(21)26-23(28)31/h3-10,15,19H,11-14H2,1-2H3,(H,24,29)(H,25,30)(H,26,31)/t15-/m0/s1. The van der Waals surface area contributed by atoms with Crippen molar-refractivity contribution in [3.8, 4) is 0 Å². The Balaban J connectivity index is 1.36. The van der Waals surface area contributed by atoms with Gasteiger partial charge in [-0.15, -0.1) is 0 Å². The Morgan fingerprint density at radius 2 is 1.61 bits per heavy atom. The van der Waals surface area contributed by atoms with E-state index in [9.17, 15) is 14.4 Å². The van der Waals surface area contributed by atoms with Crippen molar-refractivity contribution in [3.05, 3.63) is 59.0 Å². The molecule has 0 radical (unpaired) electrons. The number of para-hydroxylation sites is 2. The summed E-state index contributed by atoms with van der Waals surface area (Å²) in [4.78, 5) is 41.4. The van der Waals surface area contributed by atoms with Crippen LogP contribution in [0.3, 0.4) is 0 Å². The van der Waals surface area contributed by atoms with Gasteiger partial charge in [0.15, 0.2) is 0 Å². The molecule has 3 aromatic rings.